The molecular weight excluding hydrogens is 270 g/mol. The molecule has 2 heterocycles. The van der Waals surface area contributed by atoms with Gasteiger partial charge in [0.1, 0.15) is 5.69 Å². The van der Waals surface area contributed by atoms with Crippen molar-refractivity contribution in [2.45, 2.75) is 46.1 Å². The van der Waals surface area contributed by atoms with Crippen molar-refractivity contribution in [2.24, 2.45) is 10.8 Å². The van der Waals surface area contributed by atoms with Gasteiger partial charge in [0.15, 0.2) is 0 Å². The second-order valence-corrected chi connectivity index (χ2v) is 7.65. The summed E-state index contributed by atoms with van der Waals surface area (Å²) in [5, 5.41) is 0. The van der Waals surface area contributed by atoms with Crippen LogP contribution in [0.25, 0.3) is 0 Å². The van der Waals surface area contributed by atoms with Crippen LogP contribution in [0.1, 0.15) is 50.5 Å². The van der Waals surface area contributed by atoms with Gasteiger partial charge in [0.2, 0.25) is 0 Å². The molecule has 3 rings (SSSR count). The molecule has 21 heavy (non-hydrogen) atoms. The Morgan fingerprint density at radius 3 is 2.62 bits per heavy atom. The number of hydrogen-bond donors (Lipinski definition) is 2. The second-order valence-electron chi connectivity index (χ2n) is 7.65. The number of likely N-dealkylation sites (tertiary alicyclic amines) is 1. The summed E-state index contributed by atoms with van der Waals surface area (Å²) >= 11 is 0. The molecule has 2 bridgehead atoms. The largest absolute Gasteiger partial charge is 0.334 e. The number of hydrogen-bond acceptors (Lipinski definition) is 3. The summed E-state index contributed by atoms with van der Waals surface area (Å²) in [7, 11) is 0. The number of aromatic nitrogens is 2. The van der Waals surface area contributed by atoms with Crippen LogP contribution in [0.2, 0.25) is 0 Å². The standard InChI is InChI=1S/C15H21N3O3/c1-14(2)5-9-6-15(3,7-14)8-18(9)12(20)10-4-11(19)17-13(21)16-10/h4,9H,5-8H2,1-3H3,(H2,16,17,19,21). The Morgan fingerprint density at radius 2 is 1.95 bits per heavy atom. The highest BCUT2D eigenvalue weighted by atomic mass is 16.2. The minimum atomic E-state index is -0.639. The number of carbonyl (C=O) groups is 1. The van der Waals surface area contributed by atoms with Gasteiger partial charge in [-0.3, -0.25) is 14.6 Å². The van der Waals surface area contributed by atoms with Gasteiger partial charge in [-0.05, 0) is 30.1 Å². The maximum absolute atomic E-state index is 12.7. The molecule has 1 aromatic rings. The lowest BCUT2D eigenvalue weighted by atomic mass is 9.65. The highest BCUT2D eigenvalue weighted by molar-refractivity contribution is 5.92. The van der Waals surface area contributed by atoms with Gasteiger partial charge in [-0.15, -0.1) is 0 Å². The third kappa shape index (κ3) is 2.54. The summed E-state index contributed by atoms with van der Waals surface area (Å²) in [5.74, 6) is -0.246. The Bertz CT molecular complexity index is 674. The van der Waals surface area contributed by atoms with E-state index in [-0.39, 0.29) is 28.5 Å². The molecule has 2 atom stereocenters. The van der Waals surface area contributed by atoms with Gasteiger partial charge in [0.05, 0.1) is 0 Å². The average Bonchev–Trinajstić information content (AvgIpc) is 2.56. The monoisotopic (exact) mass is 291 g/mol. The molecule has 1 aliphatic heterocycles. The lowest BCUT2D eigenvalue weighted by molar-refractivity contribution is 0.0701. The van der Waals surface area contributed by atoms with Gasteiger partial charge in [-0.1, -0.05) is 20.8 Å². The number of aromatic amines is 2. The highest BCUT2D eigenvalue weighted by Crippen LogP contribution is 2.52. The highest BCUT2D eigenvalue weighted by Gasteiger charge is 2.51. The van der Waals surface area contributed by atoms with E-state index in [0.29, 0.717) is 6.54 Å². The Kier molecular flexibility index (Phi) is 2.90. The number of rotatable bonds is 1. The Morgan fingerprint density at radius 1 is 1.24 bits per heavy atom. The zero-order valence-electron chi connectivity index (χ0n) is 12.7. The first-order chi connectivity index (χ1) is 9.67. The van der Waals surface area contributed by atoms with E-state index in [4.69, 9.17) is 0 Å². The summed E-state index contributed by atoms with van der Waals surface area (Å²) in [5.41, 5.74) is -0.759. The zero-order valence-corrected chi connectivity index (χ0v) is 12.7. The smallest absolute Gasteiger partial charge is 0.326 e. The number of nitrogens with one attached hydrogen (secondary N) is 2. The molecule has 1 aromatic heterocycles. The fourth-order valence-corrected chi connectivity index (χ4v) is 4.44. The topological polar surface area (TPSA) is 86.0 Å². The predicted octanol–water partition coefficient (Wildman–Crippen LogP) is 1.10. The molecule has 6 heteroatoms. The van der Waals surface area contributed by atoms with Crippen LogP contribution in [-0.4, -0.2) is 33.4 Å². The summed E-state index contributed by atoms with van der Waals surface area (Å²) in [6.07, 6.45) is 3.05. The summed E-state index contributed by atoms with van der Waals surface area (Å²) < 4.78 is 0. The fourth-order valence-electron chi connectivity index (χ4n) is 4.44. The first kappa shape index (κ1) is 14.1. The Balaban J connectivity index is 1.93. The van der Waals surface area contributed by atoms with Crippen molar-refractivity contribution in [3.05, 3.63) is 32.6 Å². The van der Waals surface area contributed by atoms with Crippen LogP contribution in [0.5, 0.6) is 0 Å². The maximum Gasteiger partial charge on any atom is 0.326 e. The van der Waals surface area contributed by atoms with Crippen LogP contribution in [0.4, 0.5) is 0 Å². The van der Waals surface area contributed by atoms with Crippen molar-refractivity contribution in [3.63, 3.8) is 0 Å². The van der Waals surface area contributed by atoms with Crippen molar-refractivity contribution in [2.75, 3.05) is 6.54 Å². The van der Waals surface area contributed by atoms with Crippen molar-refractivity contribution >= 4 is 5.91 Å². The van der Waals surface area contributed by atoms with Gasteiger partial charge >= 0.3 is 5.69 Å². The van der Waals surface area contributed by atoms with E-state index >= 15 is 0 Å². The number of nitrogens with zero attached hydrogens (tertiary/aromatic N) is 1. The van der Waals surface area contributed by atoms with Crippen molar-refractivity contribution in [3.8, 4) is 0 Å². The van der Waals surface area contributed by atoms with Gasteiger partial charge in [-0.25, -0.2) is 4.79 Å². The number of H-pyrrole nitrogens is 2. The molecule has 0 radical (unpaired) electrons. The van der Waals surface area contributed by atoms with Crippen LogP contribution < -0.4 is 11.2 Å². The van der Waals surface area contributed by atoms with Gasteiger partial charge in [-0.2, -0.15) is 0 Å². The Hall–Kier alpha value is -1.85. The van der Waals surface area contributed by atoms with Crippen LogP contribution in [0, 0.1) is 10.8 Å². The molecule has 0 aromatic carbocycles. The average molecular weight is 291 g/mol. The fraction of sp³-hybridized carbons (Fsp3) is 0.667. The molecule has 6 nitrogen and oxygen atoms in total. The van der Waals surface area contributed by atoms with Crippen LogP contribution in [0.15, 0.2) is 15.7 Å². The minimum Gasteiger partial charge on any atom is -0.334 e. The van der Waals surface area contributed by atoms with Crippen molar-refractivity contribution in [1.29, 1.82) is 0 Å². The van der Waals surface area contributed by atoms with E-state index in [1.54, 1.807) is 0 Å². The quantitative estimate of drug-likeness (QED) is 0.812. The molecule has 2 fully saturated rings. The Labute approximate surface area is 122 Å². The van der Waals surface area contributed by atoms with Crippen molar-refractivity contribution in [1.82, 2.24) is 14.9 Å². The molecule has 2 unspecified atom stereocenters. The third-order valence-electron chi connectivity index (χ3n) is 4.67. The van der Waals surface area contributed by atoms with Crippen LogP contribution in [0.3, 0.4) is 0 Å². The first-order valence-electron chi connectivity index (χ1n) is 7.32. The molecule has 1 saturated heterocycles. The van der Waals surface area contributed by atoms with Gasteiger partial charge in [0, 0.05) is 18.7 Å². The molecule has 2 aliphatic rings. The molecular formula is C15H21N3O3. The van der Waals surface area contributed by atoms with E-state index < -0.39 is 11.2 Å². The lowest BCUT2D eigenvalue weighted by Crippen LogP contribution is -2.39. The molecule has 2 N–H and O–H groups in total. The summed E-state index contributed by atoms with van der Waals surface area (Å²) in [6, 6.07) is 1.36. The SMILES string of the molecule is CC1(C)CC2CC(C)(CN2C(=O)c2cc(=O)[nH]c(=O)[nH]2)C1. The minimum absolute atomic E-state index is 0.0812. The molecule has 1 saturated carbocycles. The number of amides is 1. The van der Waals surface area contributed by atoms with Gasteiger partial charge < -0.3 is 9.88 Å². The summed E-state index contributed by atoms with van der Waals surface area (Å²) in [6.45, 7) is 7.38. The summed E-state index contributed by atoms with van der Waals surface area (Å²) in [4.78, 5) is 41.7. The maximum atomic E-state index is 12.7. The molecule has 0 spiro atoms. The van der Waals surface area contributed by atoms with E-state index in [1.807, 2.05) is 4.90 Å². The normalized spacial score (nSPS) is 30.4. The number of carbonyl (C=O) groups excluding carboxylic acids is 1. The van der Waals surface area contributed by atoms with Crippen LogP contribution in [-0.2, 0) is 0 Å². The van der Waals surface area contributed by atoms with E-state index in [2.05, 4.69) is 30.7 Å². The predicted molar refractivity (Wildman–Crippen MR) is 78.2 cm³/mol. The second kappa shape index (κ2) is 4.32. The molecule has 114 valence electrons. The molecule has 1 amide bonds. The van der Waals surface area contributed by atoms with Crippen molar-refractivity contribution < 1.29 is 4.79 Å². The van der Waals surface area contributed by atoms with E-state index in [0.717, 1.165) is 19.3 Å². The first-order valence-corrected chi connectivity index (χ1v) is 7.32. The number of fused-ring (bicyclic) bond motifs is 2. The molecule has 1 aliphatic carbocycles. The van der Waals surface area contributed by atoms with Crippen LogP contribution >= 0.6 is 0 Å². The van der Waals surface area contributed by atoms with E-state index in [9.17, 15) is 14.4 Å². The zero-order chi connectivity index (χ0) is 15.4. The van der Waals surface area contributed by atoms with E-state index in [1.165, 1.54) is 6.07 Å². The third-order valence-corrected chi connectivity index (χ3v) is 4.67. The van der Waals surface area contributed by atoms with Gasteiger partial charge in [0.25, 0.3) is 11.5 Å². The lowest BCUT2D eigenvalue weighted by Gasteiger charge is -2.39.